The van der Waals surface area contributed by atoms with Gasteiger partial charge in [-0.2, -0.15) is 0 Å². The molecule has 1 heterocycles. The number of fused-ring (bicyclic) bond motifs is 1. The Hall–Kier alpha value is -2.76. The van der Waals surface area contributed by atoms with E-state index in [4.69, 9.17) is 0 Å². The predicted molar refractivity (Wildman–Crippen MR) is 90.0 cm³/mol. The molecule has 0 unspecified atom stereocenters. The summed E-state index contributed by atoms with van der Waals surface area (Å²) < 4.78 is 27.0. The lowest BCUT2D eigenvalue weighted by Crippen LogP contribution is -2.27. The van der Waals surface area contributed by atoms with Crippen molar-refractivity contribution in [3.63, 3.8) is 0 Å². The lowest BCUT2D eigenvalue weighted by Gasteiger charge is -2.05. The molecule has 25 heavy (non-hydrogen) atoms. The van der Waals surface area contributed by atoms with Crippen molar-refractivity contribution in [2.75, 3.05) is 6.54 Å². The molecule has 1 aliphatic rings. The second kappa shape index (κ2) is 6.27. The number of amides is 1. The van der Waals surface area contributed by atoms with Gasteiger partial charge in [0, 0.05) is 18.9 Å². The van der Waals surface area contributed by atoms with Crippen molar-refractivity contribution in [3.05, 3.63) is 65.5 Å². The third kappa shape index (κ3) is 3.24. The molecule has 4 nitrogen and oxygen atoms in total. The SMILES string of the molecule is O=C(NCCc1nc2ccccc2[nH]1)[C@@H]1C[C@H]1c1cc(F)ccc1F. The molecule has 1 amide bonds. The van der Waals surface area contributed by atoms with E-state index in [9.17, 15) is 13.6 Å². The van der Waals surface area contributed by atoms with E-state index in [-0.39, 0.29) is 23.3 Å². The van der Waals surface area contributed by atoms with Gasteiger partial charge in [-0.3, -0.25) is 4.79 Å². The Morgan fingerprint density at radius 2 is 2.08 bits per heavy atom. The first-order valence-corrected chi connectivity index (χ1v) is 8.28. The van der Waals surface area contributed by atoms with Gasteiger partial charge < -0.3 is 10.3 Å². The minimum atomic E-state index is -0.479. The van der Waals surface area contributed by atoms with Gasteiger partial charge in [-0.15, -0.1) is 0 Å². The molecule has 0 radical (unpaired) electrons. The predicted octanol–water partition coefficient (Wildman–Crippen LogP) is 3.30. The molecule has 3 aromatic rings. The number of benzene rings is 2. The molecule has 0 saturated heterocycles. The third-order valence-corrected chi connectivity index (χ3v) is 4.58. The monoisotopic (exact) mass is 341 g/mol. The number of halogens is 2. The van der Waals surface area contributed by atoms with Gasteiger partial charge in [0.25, 0.3) is 0 Å². The standard InChI is InChI=1S/C19H17F2N3O/c20-11-5-6-15(21)13(9-11)12-10-14(12)19(25)22-8-7-18-23-16-3-1-2-4-17(16)24-18/h1-6,9,12,14H,7-8,10H2,(H,22,25)(H,23,24)/t12-,14+/m0/s1. The Labute approximate surface area is 143 Å². The van der Waals surface area contributed by atoms with Crippen LogP contribution in [-0.4, -0.2) is 22.4 Å². The maximum absolute atomic E-state index is 13.8. The number of aromatic amines is 1. The van der Waals surface area contributed by atoms with Crippen molar-refractivity contribution < 1.29 is 13.6 Å². The van der Waals surface area contributed by atoms with E-state index in [1.54, 1.807) is 0 Å². The van der Waals surface area contributed by atoms with Crippen LogP contribution in [0.3, 0.4) is 0 Å². The van der Waals surface area contributed by atoms with Crippen molar-refractivity contribution in [2.24, 2.45) is 5.92 Å². The number of hydrogen-bond donors (Lipinski definition) is 2. The largest absolute Gasteiger partial charge is 0.355 e. The Kier molecular flexibility index (Phi) is 3.95. The summed E-state index contributed by atoms with van der Waals surface area (Å²) in [6.07, 6.45) is 1.14. The molecule has 1 aromatic heterocycles. The van der Waals surface area contributed by atoms with E-state index in [1.807, 2.05) is 24.3 Å². The number of nitrogens with one attached hydrogen (secondary N) is 2. The van der Waals surface area contributed by atoms with Crippen LogP contribution < -0.4 is 5.32 Å². The maximum atomic E-state index is 13.8. The van der Waals surface area contributed by atoms with Crippen LogP contribution in [0.1, 0.15) is 23.7 Å². The normalized spacial score (nSPS) is 19.1. The number of rotatable bonds is 5. The van der Waals surface area contributed by atoms with E-state index >= 15 is 0 Å². The van der Waals surface area contributed by atoms with Crippen LogP contribution in [-0.2, 0) is 11.2 Å². The molecular formula is C19H17F2N3O. The van der Waals surface area contributed by atoms with E-state index in [0.717, 1.165) is 29.0 Å². The number of hydrogen-bond acceptors (Lipinski definition) is 2. The fourth-order valence-corrected chi connectivity index (χ4v) is 3.19. The summed E-state index contributed by atoms with van der Waals surface area (Å²) >= 11 is 0. The minimum Gasteiger partial charge on any atom is -0.355 e. The first-order valence-electron chi connectivity index (χ1n) is 8.28. The van der Waals surface area contributed by atoms with Gasteiger partial charge in [0.05, 0.1) is 11.0 Å². The average molecular weight is 341 g/mol. The zero-order chi connectivity index (χ0) is 17.4. The number of para-hydroxylation sites is 2. The van der Waals surface area contributed by atoms with E-state index < -0.39 is 11.6 Å². The third-order valence-electron chi connectivity index (χ3n) is 4.58. The second-order valence-corrected chi connectivity index (χ2v) is 6.36. The quantitative estimate of drug-likeness (QED) is 0.748. The Balaban J connectivity index is 1.32. The number of H-pyrrole nitrogens is 1. The van der Waals surface area contributed by atoms with Gasteiger partial charge in [0.2, 0.25) is 5.91 Å². The molecule has 1 fully saturated rings. The van der Waals surface area contributed by atoms with Crippen molar-refractivity contribution in [2.45, 2.75) is 18.8 Å². The summed E-state index contributed by atoms with van der Waals surface area (Å²) in [7, 11) is 0. The lowest BCUT2D eigenvalue weighted by molar-refractivity contribution is -0.122. The highest BCUT2D eigenvalue weighted by Gasteiger charge is 2.45. The summed E-state index contributed by atoms with van der Waals surface area (Å²) in [6.45, 7) is 0.452. The molecule has 1 aliphatic carbocycles. The van der Waals surface area contributed by atoms with E-state index in [1.165, 1.54) is 6.07 Å². The highest BCUT2D eigenvalue weighted by atomic mass is 19.1. The average Bonchev–Trinajstić information content (AvgIpc) is 3.29. The number of carbonyl (C=O) groups is 1. The molecule has 0 aliphatic heterocycles. The Bertz CT molecular complexity index is 904. The van der Waals surface area contributed by atoms with Crippen LogP contribution in [0.15, 0.2) is 42.5 Å². The Morgan fingerprint density at radius 1 is 1.24 bits per heavy atom. The van der Waals surface area contributed by atoms with Crippen LogP contribution in [0, 0.1) is 17.6 Å². The number of aromatic nitrogens is 2. The van der Waals surface area contributed by atoms with Crippen LogP contribution in [0.5, 0.6) is 0 Å². The molecular weight excluding hydrogens is 324 g/mol. The molecule has 4 rings (SSSR count). The molecule has 6 heteroatoms. The van der Waals surface area contributed by atoms with Gasteiger partial charge in [-0.25, -0.2) is 13.8 Å². The summed E-state index contributed by atoms with van der Waals surface area (Å²) in [4.78, 5) is 19.9. The smallest absolute Gasteiger partial charge is 0.223 e. The van der Waals surface area contributed by atoms with Gasteiger partial charge in [-0.05, 0) is 48.2 Å². The number of nitrogens with zero attached hydrogens (tertiary/aromatic N) is 1. The molecule has 2 atom stereocenters. The van der Waals surface area contributed by atoms with E-state index in [0.29, 0.717) is 19.4 Å². The maximum Gasteiger partial charge on any atom is 0.223 e. The van der Waals surface area contributed by atoms with Gasteiger partial charge in [0.15, 0.2) is 0 Å². The zero-order valence-electron chi connectivity index (χ0n) is 13.4. The molecule has 0 bridgehead atoms. The van der Waals surface area contributed by atoms with Gasteiger partial charge >= 0.3 is 0 Å². The van der Waals surface area contributed by atoms with Crippen LogP contribution in [0.25, 0.3) is 11.0 Å². The van der Waals surface area contributed by atoms with Gasteiger partial charge in [0.1, 0.15) is 17.5 Å². The summed E-state index contributed by atoms with van der Waals surface area (Å²) in [5, 5.41) is 2.86. The van der Waals surface area contributed by atoms with Gasteiger partial charge in [-0.1, -0.05) is 12.1 Å². The molecule has 1 saturated carbocycles. The molecule has 128 valence electrons. The minimum absolute atomic E-state index is 0.121. The van der Waals surface area contributed by atoms with Crippen LogP contribution >= 0.6 is 0 Å². The molecule has 2 aromatic carbocycles. The summed E-state index contributed by atoms with van der Waals surface area (Å²) in [5.41, 5.74) is 2.15. The summed E-state index contributed by atoms with van der Waals surface area (Å²) in [5.74, 6) is -0.764. The fourth-order valence-electron chi connectivity index (χ4n) is 3.19. The van der Waals surface area contributed by atoms with Crippen LogP contribution in [0.2, 0.25) is 0 Å². The number of imidazole rings is 1. The van der Waals surface area contributed by atoms with Crippen molar-refractivity contribution >= 4 is 16.9 Å². The molecule has 0 spiro atoms. The lowest BCUT2D eigenvalue weighted by atomic mass is 10.1. The van der Waals surface area contributed by atoms with Crippen LogP contribution in [0.4, 0.5) is 8.78 Å². The zero-order valence-corrected chi connectivity index (χ0v) is 13.4. The topological polar surface area (TPSA) is 57.8 Å². The van der Waals surface area contributed by atoms with Crippen molar-refractivity contribution in [3.8, 4) is 0 Å². The highest BCUT2D eigenvalue weighted by molar-refractivity contribution is 5.83. The highest BCUT2D eigenvalue weighted by Crippen LogP contribution is 2.48. The Morgan fingerprint density at radius 3 is 2.92 bits per heavy atom. The first kappa shape index (κ1) is 15.7. The first-order chi connectivity index (χ1) is 12.1. The van der Waals surface area contributed by atoms with Crippen molar-refractivity contribution in [1.29, 1.82) is 0 Å². The summed E-state index contributed by atoms with van der Waals surface area (Å²) in [6, 6.07) is 11.1. The van der Waals surface area contributed by atoms with Crippen molar-refractivity contribution in [1.82, 2.24) is 15.3 Å². The number of carbonyl (C=O) groups excluding carboxylic acids is 1. The molecule has 2 N–H and O–H groups in total. The second-order valence-electron chi connectivity index (χ2n) is 6.36. The fraction of sp³-hybridized carbons (Fsp3) is 0.263. The van der Waals surface area contributed by atoms with E-state index in [2.05, 4.69) is 15.3 Å².